The normalized spacial score (nSPS) is 10.3. The zero-order chi connectivity index (χ0) is 16.3. The van der Waals surface area contributed by atoms with Crippen LogP contribution in [0, 0.1) is 17.0 Å². The van der Waals surface area contributed by atoms with Gasteiger partial charge in [0.25, 0.3) is 11.6 Å². The van der Waals surface area contributed by atoms with Gasteiger partial charge in [-0.05, 0) is 24.6 Å². The number of hydrogen-bond donors (Lipinski definition) is 0. The smallest absolute Gasteiger partial charge is 0.285 e. The molecule has 5 nitrogen and oxygen atoms in total. The number of rotatable bonds is 4. The summed E-state index contributed by atoms with van der Waals surface area (Å²) >= 11 is 6.08. The van der Waals surface area contributed by atoms with Crippen molar-refractivity contribution in [1.29, 1.82) is 0 Å². The number of carbonyl (C=O) groups excluding carboxylic acids is 1. The van der Waals surface area contributed by atoms with Crippen molar-refractivity contribution in [1.82, 2.24) is 4.90 Å². The summed E-state index contributed by atoms with van der Waals surface area (Å²) in [6, 6.07) is 11.9. The van der Waals surface area contributed by atoms with Crippen LogP contribution in [0.25, 0.3) is 0 Å². The number of hydrogen-bond acceptors (Lipinski definition) is 3. The first-order valence-electron chi connectivity index (χ1n) is 6.64. The van der Waals surface area contributed by atoms with Gasteiger partial charge in [0, 0.05) is 24.2 Å². The molecule has 2 aromatic carbocycles. The van der Waals surface area contributed by atoms with E-state index in [2.05, 4.69) is 0 Å². The highest BCUT2D eigenvalue weighted by Gasteiger charge is 2.24. The molecule has 0 N–H and O–H groups in total. The molecular formula is C16H15ClN2O3. The van der Waals surface area contributed by atoms with Crippen LogP contribution in [0.1, 0.15) is 21.5 Å². The lowest BCUT2D eigenvalue weighted by atomic mass is 10.1. The van der Waals surface area contributed by atoms with Crippen LogP contribution in [0.5, 0.6) is 0 Å². The molecule has 22 heavy (non-hydrogen) atoms. The van der Waals surface area contributed by atoms with Gasteiger partial charge in [0.05, 0.1) is 4.92 Å². The Kier molecular flexibility index (Phi) is 4.78. The first-order valence-corrected chi connectivity index (χ1v) is 7.02. The maximum atomic E-state index is 12.5. The van der Waals surface area contributed by atoms with Crippen LogP contribution in [0.3, 0.4) is 0 Å². The second-order valence-corrected chi connectivity index (χ2v) is 5.39. The molecule has 0 bridgehead atoms. The average molecular weight is 319 g/mol. The van der Waals surface area contributed by atoms with Crippen LogP contribution in [-0.4, -0.2) is 22.8 Å². The lowest BCUT2D eigenvalue weighted by Gasteiger charge is -2.18. The van der Waals surface area contributed by atoms with E-state index in [9.17, 15) is 14.9 Å². The van der Waals surface area contributed by atoms with Gasteiger partial charge in [0.2, 0.25) is 0 Å². The molecule has 0 aliphatic carbocycles. The predicted molar refractivity (Wildman–Crippen MR) is 85.1 cm³/mol. The molecule has 0 unspecified atom stereocenters. The van der Waals surface area contributed by atoms with E-state index in [1.807, 2.05) is 12.1 Å². The first kappa shape index (κ1) is 16.0. The molecule has 0 radical (unpaired) electrons. The van der Waals surface area contributed by atoms with E-state index in [1.165, 1.54) is 11.0 Å². The Morgan fingerprint density at radius 2 is 1.91 bits per heavy atom. The zero-order valence-corrected chi connectivity index (χ0v) is 13.0. The van der Waals surface area contributed by atoms with Gasteiger partial charge in [-0.3, -0.25) is 14.9 Å². The van der Waals surface area contributed by atoms with Crippen molar-refractivity contribution in [2.45, 2.75) is 13.5 Å². The monoisotopic (exact) mass is 318 g/mol. The van der Waals surface area contributed by atoms with Crippen molar-refractivity contribution in [2.24, 2.45) is 0 Å². The summed E-state index contributed by atoms with van der Waals surface area (Å²) in [5.74, 6) is -0.407. The summed E-state index contributed by atoms with van der Waals surface area (Å²) in [5.41, 5.74) is 1.18. The highest BCUT2D eigenvalue weighted by atomic mass is 35.5. The molecule has 0 atom stereocenters. The number of aryl methyl sites for hydroxylation is 1. The molecule has 6 heteroatoms. The number of halogens is 1. The van der Waals surface area contributed by atoms with Crippen LogP contribution in [0.4, 0.5) is 5.69 Å². The van der Waals surface area contributed by atoms with E-state index in [1.54, 1.807) is 38.2 Å². The maximum absolute atomic E-state index is 12.5. The number of nitro benzene ring substituents is 1. The molecule has 1 amide bonds. The average Bonchev–Trinajstić information content (AvgIpc) is 2.48. The third kappa shape index (κ3) is 3.26. The van der Waals surface area contributed by atoms with Gasteiger partial charge in [-0.15, -0.1) is 0 Å². The van der Waals surface area contributed by atoms with E-state index in [-0.39, 0.29) is 17.8 Å². The van der Waals surface area contributed by atoms with Gasteiger partial charge in [-0.2, -0.15) is 0 Å². The zero-order valence-electron chi connectivity index (χ0n) is 12.2. The Labute approximate surface area is 133 Å². The Balaban J connectivity index is 2.31. The number of nitro groups is 1. The van der Waals surface area contributed by atoms with Gasteiger partial charge in [0.15, 0.2) is 0 Å². The quantitative estimate of drug-likeness (QED) is 0.635. The van der Waals surface area contributed by atoms with E-state index >= 15 is 0 Å². The molecule has 0 heterocycles. The molecule has 0 aromatic heterocycles. The van der Waals surface area contributed by atoms with Gasteiger partial charge in [0.1, 0.15) is 5.56 Å². The number of carbonyl (C=O) groups is 1. The number of nitrogens with zero attached hydrogens (tertiary/aromatic N) is 2. The second-order valence-electron chi connectivity index (χ2n) is 4.98. The highest BCUT2D eigenvalue weighted by Crippen LogP contribution is 2.25. The summed E-state index contributed by atoms with van der Waals surface area (Å²) in [6.07, 6.45) is 0. The fourth-order valence-electron chi connectivity index (χ4n) is 2.23. The summed E-state index contributed by atoms with van der Waals surface area (Å²) in [5, 5.41) is 11.8. The SMILES string of the molecule is Cc1cccc(C(=O)N(C)Cc2ccccc2Cl)c1[N+](=O)[O-]. The minimum atomic E-state index is -0.522. The molecule has 0 spiro atoms. The van der Waals surface area contributed by atoms with Crippen molar-refractivity contribution in [2.75, 3.05) is 7.05 Å². The largest absolute Gasteiger partial charge is 0.337 e. The van der Waals surface area contributed by atoms with E-state index in [0.717, 1.165) is 5.56 Å². The molecule has 0 fully saturated rings. The lowest BCUT2D eigenvalue weighted by Crippen LogP contribution is -2.27. The summed E-state index contributed by atoms with van der Waals surface area (Å²) < 4.78 is 0. The van der Waals surface area contributed by atoms with Crippen molar-refractivity contribution >= 4 is 23.2 Å². The third-order valence-corrected chi connectivity index (χ3v) is 3.73. The topological polar surface area (TPSA) is 63.5 Å². The molecule has 0 aliphatic rings. The highest BCUT2D eigenvalue weighted by molar-refractivity contribution is 6.31. The summed E-state index contributed by atoms with van der Waals surface area (Å²) in [7, 11) is 1.59. The van der Waals surface area contributed by atoms with Crippen LogP contribution in [-0.2, 0) is 6.54 Å². The standard InChI is InChI=1S/C16H15ClN2O3/c1-11-6-5-8-13(15(11)19(21)22)16(20)18(2)10-12-7-3-4-9-14(12)17/h3-9H,10H2,1-2H3. The Hall–Kier alpha value is -2.40. The van der Waals surface area contributed by atoms with Crippen LogP contribution < -0.4 is 0 Å². The van der Waals surface area contributed by atoms with Crippen LogP contribution in [0.2, 0.25) is 5.02 Å². The van der Waals surface area contributed by atoms with Gasteiger partial charge < -0.3 is 4.90 Å². The van der Waals surface area contributed by atoms with Gasteiger partial charge in [-0.25, -0.2) is 0 Å². The lowest BCUT2D eigenvalue weighted by molar-refractivity contribution is -0.385. The first-order chi connectivity index (χ1) is 10.4. The third-order valence-electron chi connectivity index (χ3n) is 3.36. The number of amides is 1. The van der Waals surface area contributed by atoms with Crippen LogP contribution >= 0.6 is 11.6 Å². The van der Waals surface area contributed by atoms with Crippen molar-refractivity contribution in [3.8, 4) is 0 Å². The predicted octanol–water partition coefficient (Wildman–Crippen LogP) is 3.83. The molecule has 114 valence electrons. The van der Waals surface area contributed by atoms with Gasteiger partial charge >= 0.3 is 0 Å². The fourth-order valence-corrected chi connectivity index (χ4v) is 2.43. The molecule has 2 rings (SSSR count). The minimum absolute atomic E-state index is 0.0829. The van der Waals surface area contributed by atoms with E-state index < -0.39 is 10.8 Å². The van der Waals surface area contributed by atoms with Crippen molar-refractivity contribution < 1.29 is 9.72 Å². The fraction of sp³-hybridized carbons (Fsp3) is 0.188. The molecule has 2 aromatic rings. The summed E-state index contributed by atoms with van der Waals surface area (Å²) in [6.45, 7) is 1.90. The number of benzene rings is 2. The number of para-hydroxylation sites is 1. The maximum Gasteiger partial charge on any atom is 0.285 e. The summed E-state index contributed by atoms with van der Waals surface area (Å²) in [4.78, 5) is 24.6. The van der Waals surface area contributed by atoms with E-state index in [4.69, 9.17) is 11.6 Å². The Bertz CT molecular complexity index is 731. The van der Waals surface area contributed by atoms with E-state index in [0.29, 0.717) is 10.6 Å². The van der Waals surface area contributed by atoms with Crippen molar-refractivity contribution in [3.63, 3.8) is 0 Å². The van der Waals surface area contributed by atoms with Gasteiger partial charge in [-0.1, -0.05) is 41.9 Å². The molecule has 0 saturated heterocycles. The Morgan fingerprint density at radius 3 is 2.55 bits per heavy atom. The van der Waals surface area contributed by atoms with Crippen LogP contribution in [0.15, 0.2) is 42.5 Å². The Morgan fingerprint density at radius 1 is 1.23 bits per heavy atom. The minimum Gasteiger partial charge on any atom is -0.337 e. The molecule has 0 saturated carbocycles. The molecular weight excluding hydrogens is 304 g/mol. The second kappa shape index (κ2) is 6.58. The van der Waals surface area contributed by atoms with Crippen molar-refractivity contribution in [3.05, 3.63) is 74.3 Å². The molecule has 0 aliphatic heterocycles.